The Kier molecular flexibility index (Phi) is 2.54. The average Bonchev–Trinajstić information content (AvgIpc) is 2.03. The number of halogens is 1. The first-order chi connectivity index (χ1) is 5.69. The van der Waals surface area contributed by atoms with Gasteiger partial charge in [0.2, 0.25) is 5.62 Å². The molecule has 0 aliphatic rings. The Morgan fingerprint density at radius 3 is 2.92 bits per heavy atom. The van der Waals surface area contributed by atoms with Crippen LogP contribution in [-0.4, -0.2) is 16.7 Å². The number of hydrogen-bond acceptors (Lipinski definition) is 3. The van der Waals surface area contributed by atoms with E-state index >= 15 is 0 Å². The van der Waals surface area contributed by atoms with Crippen molar-refractivity contribution in [3.63, 3.8) is 0 Å². The summed E-state index contributed by atoms with van der Waals surface area (Å²) in [5, 5.41) is 7.34. The predicted octanol–water partition coefficient (Wildman–Crippen LogP) is -0.432. The first kappa shape index (κ1) is 8.86. The van der Waals surface area contributed by atoms with Crippen molar-refractivity contribution in [1.82, 2.24) is 9.66 Å². The molecule has 0 aliphatic heterocycles. The monoisotopic (exact) mass is 188 g/mol. The third kappa shape index (κ3) is 1.50. The summed E-state index contributed by atoms with van der Waals surface area (Å²) in [6.07, 6.45) is 0. The fourth-order valence-corrected chi connectivity index (χ4v) is 1.01. The highest BCUT2D eigenvalue weighted by atomic mass is 35.5. The van der Waals surface area contributed by atoms with E-state index in [1.165, 1.54) is 6.07 Å². The SMILES string of the molecule is CNn1c(=O)cc(CCl)[nH]c1=N. The topological polar surface area (TPSA) is 73.7 Å². The van der Waals surface area contributed by atoms with Gasteiger partial charge in [0.05, 0.1) is 5.88 Å². The predicted molar refractivity (Wildman–Crippen MR) is 45.7 cm³/mol. The molecule has 66 valence electrons. The Morgan fingerprint density at radius 1 is 1.83 bits per heavy atom. The molecule has 3 N–H and O–H groups in total. The smallest absolute Gasteiger partial charge is 0.273 e. The lowest BCUT2D eigenvalue weighted by atomic mass is 10.4. The van der Waals surface area contributed by atoms with Crippen LogP contribution >= 0.6 is 11.6 Å². The van der Waals surface area contributed by atoms with Crippen LogP contribution in [0.15, 0.2) is 10.9 Å². The summed E-state index contributed by atoms with van der Waals surface area (Å²) in [7, 11) is 1.56. The molecule has 0 saturated carbocycles. The Bertz CT molecular complexity index is 349. The lowest BCUT2D eigenvalue weighted by Crippen LogP contribution is -2.40. The Hall–Kier alpha value is -1.23. The molecule has 12 heavy (non-hydrogen) atoms. The highest BCUT2D eigenvalue weighted by Crippen LogP contribution is 1.90. The molecule has 0 spiro atoms. The molecule has 0 amide bonds. The molecule has 0 atom stereocenters. The fraction of sp³-hybridized carbons (Fsp3) is 0.333. The van der Waals surface area contributed by atoms with Gasteiger partial charge in [-0.05, 0) is 0 Å². The van der Waals surface area contributed by atoms with Gasteiger partial charge in [-0.2, -0.15) is 4.68 Å². The van der Waals surface area contributed by atoms with Crippen molar-refractivity contribution in [3.05, 3.63) is 27.7 Å². The number of hydrogen-bond donors (Lipinski definition) is 3. The summed E-state index contributed by atoms with van der Waals surface area (Å²) < 4.78 is 1.08. The summed E-state index contributed by atoms with van der Waals surface area (Å²) >= 11 is 5.48. The largest absolute Gasteiger partial charge is 0.327 e. The third-order valence-corrected chi connectivity index (χ3v) is 1.68. The lowest BCUT2D eigenvalue weighted by molar-refractivity contribution is 0.734. The van der Waals surface area contributed by atoms with Gasteiger partial charge in [-0.25, -0.2) is 0 Å². The molecular formula is C6H9ClN4O. The number of rotatable bonds is 2. The summed E-state index contributed by atoms with van der Waals surface area (Å²) in [4.78, 5) is 13.8. The van der Waals surface area contributed by atoms with Crippen molar-refractivity contribution < 1.29 is 0 Å². The first-order valence-electron chi connectivity index (χ1n) is 3.32. The molecule has 1 aromatic heterocycles. The molecule has 0 aromatic carbocycles. The number of alkyl halides is 1. The van der Waals surface area contributed by atoms with Crippen molar-refractivity contribution in [1.29, 1.82) is 5.41 Å². The highest BCUT2D eigenvalue weighted by Gasteiger charge is 1.97. The van der Waals surface area contributed by atoms with E-state index in [2.05, 4.69) is 10.4 Å². The van der Waals surface area contributed by atoms with Crippen molar-refractivity contribution in [2.24, 2.45) is 0 Å². The number of nitrogens with zero attached hydrogens (tertiary/aromatic N) is 1. The average molecular weight is 189 g/mol. The molecule has 0 fully saturated rings. The normalized spacial score (nSPS) is 9.83. The van der Waals surface area contributed by atoms with E-state index in [0.29, 0.717) is 5.69 Å². The van der Waals surface area contributed by atoms with Crippen LogP contribution in [0.2, 0.25) is 0 Å². The van der Waals surface area contributed by atoms with Crippen LogP contribution in [0.5, 0.6) is 0 Å². The van der Waals surface area contributed by atoms with Crippen LogP contribution in [0.25, 0.3) is 0 Å². The van der Waals surface area contributed by atoms with Gasteiger partial charge in [0, 0.05) is 18.8 Å². The van der Waals surface area contributed by atoms with Gasteiger partial charge < -0.3 is 10.4 Å². The van der Waals surface area contributed by atoms with Crippen molar-refractivity contribution in [2.45, 2.75) is 5.88 Å². The maximum absolute atomic E-state index is 11.2. The molecule has 0 unspecified atom stereocenters. The summed E-state index contributed by atoms with van der Waals surface area (Å²) in [5.41, 5.74) is 2.79. The second-order valence-corrected chi connectivity index (χ2v) is 2.44. The Balaban J connectivity index is 3.39. The van der Waals surface area contributed by atoms with Gasteiger partial charge in [-0.1, -0.05) is 0 Å². The minimum absolute atomic E-state index is 0.0133. The van der Waals surface area contributed by atoms with Gasteiger partial charge in [0.25, 0.3) is 5.56 Å². The van der Waals surface area contributed by atoms with Crippen molar-refractivity contribution in [3.8, 4) is 0 Å². The van der Waals surface area contributed by atoms with Gasteiger partial charge in [0.1, 0.15) is 0 Å². The zero-order chi connectivity index (χ0) is 9.14. The van der Waals surface area contributed by atoms with Crippen LogP contribution < -0.4 is 16.6 Å². The zero-order valence-electron chi connectivity index (χ0n) is 6.52. The molecule has 0 saturated heterocycles. The van der Waals surface area contributed by atoms with Crippen LogP contribution in [-0.2, 0) is 5.88 Å². The van der Waals surface area contributed by atoms with E-state index in [4.69, 9.17) is 17.0 Å². The fourth-order valence-electron chi connectivity index (χ4n) is 0.862. The van der Waals surface area contributed by atoms with Crippen LogP contribution in [0.1, 0.15) is 5.69 Å². The zero-order valence-corrected chi connectivity index (χ0v) is 7.27. The van der Waals surface area contributed by atoms with Crippen molar-refractivity contribution >= 4 is 11.6 Å². The molecule has 1 rings (SSSR count). The molecule has 1 aromatic rings. The number of nitrogens with one attached hydrogen (secondary N) is 3. The molecule has 1 heterocycles. The second kappa shape index (κ2) is 3.44. The summed E-state index contributed by atoms with van der Waals surface area (Å²) in [6.45, 7) is 0. The molecule has 0 aliphatic carbocycles. The van der Waals surface area contributed by atoms with E-state index in [0.717, 1.165) is 4.68 Å². The Labute approximate surface area is 73.5 Å². The minimum Gasteiger partial charge on any atom is -0.327 e. The number of aromatic nitrogens is 2. The van der Waals surface area contributed by atoms with Crippen LogP contribution in [0.4, 0.5) is 0 Å². The molecule has 5 nitrogen and oxygen atoms in total. The van der Waals surface area contributed by atoms with E-state index in [-0.39, 0.29) is 17.1 Å². The quantitative estimate of drug-likeness (QED) is 0.551. The van der Waals surface area contributed by atoms with Gasteiger partial charge >= 0.3 is 0 Å². The third-order valence-electron chi connectivity index (χ3n) is 1.39. The van der Waals surface area contributed by atoms with E-state index in [1.807, 2.05) is 0 Å². The molecule has 6 heteroatoms. The van der Waals surface area contributed by atoms with Crippen molar-refractivity contribution in [2.75, 3.05) is 12.5 Å². The van der Waals surface area contributed by atoms with E-state index in [1.54, 1.807) is 7.05 Å². The van der Waals surface area contributed by atoms with E-state index < -0.39 is 0 Å². The number of H-pyrrole nitrogens is 1. The summed E-state index contributed by atoms with van der Waals surface area (Å²) in [6, 6.07) is 1.35. The highest BCUT2D eigenvalue weighted by molar-refractivity contribution is 6.16. The van der Waals surface area contributed by atoms with Gasteiger partial charge in [-0.15, -0.1) is 11.6 Å². The molecular weight excluding hydrogens is 180 g/mol. The van der Waals surface area contributed by atoms with Crippen LogP contribution in [0.3, 0.4) is 0 Å². The minimum atomic E-state index is -0.295. The lowest BCUT2D eigenvalue weighted by Gasteiger charge is -2.04. The van der Waals surface area contributed by atoms with Gasteiger partial charge in [-0.3, -0.25) is 10.2 Å². The second-order valence-electron chi connectivity index (χ2n) is 2.17. The maximum Gasteiger partial charge on any atom is 0.273 e. The molecule has 0 bridgehead atoms. The van der Waals surface area contributed by atoms with Gasteiger partial charge in [0.15, 0.2) is 0 Å². The summed E-state index contributed by atoms with van der Waals surface area (Å²) in [5.74, 6) is 0.200. The first-order valence-corrected chi connectivity index (χ1v) is 3.86. The number of aromatic amines is 1. The van der Waals surface area contributed by atoms with E-state index in [9.17, 15) is 4.79 Å². The standard InChI is InChI=1S/C6H9ClN4O/c1-9-11-5(12)2-4(3-7)10-6(11)8/h2,9H,3H2,1H3,(H2,8,10). The maximum atomic E-state index is 11.2. The molecule has 0 radical (unpaired) electrons. The Morgan fingerprint density at radius 2 is 2.50 bits per heavy atom. The van der Waals surface area contributed by atoms with Crippen LogP contribution in [0, 0.1) is 5.41 Å².